The largest absolute Gasteiger partial charge is 0.208 e. The third kappa shape index (κ3) is 5.66. The summed E-state index contributed by atoms with van der Waals surface area (Å²) in [5.74, 6) is -2.74. The van der Waals surface area contributed by atoms with Crippen LogP contribution in [0, 0.1) is 6.92 Å². The van der Waals surface area contributed by atoms with E-state index < -0.39 is 237 Å². The highest BCUT2D eigenvalue weighted by molar-refractivity contribution is 7.26. The first-order valence-electron chi connectivity index (χ1n) is 28.5. The smallest absolute Gasteiger partial charge is 0.164 e. The summed E-state index contributed by atoms with van der Waals surface area (Å²) in [6.45, 7) is 1.29. The third-order valence-electron chi connectivity index (χ3n) is 7.12. The highest BCUT2D eigenvalue weighted by Crippen LogP contribution is 2.42. The zero-order valence-electron chi connectivity index (χ0n) is 53.2. The van der Waals surface area contributed by atoms with Crippen LogP contribution in [0.2, 0.25) is 0 Å². The molecule has 0 aliphatic heterocycles. The number of fused-ring (bicyclic) bond motifs is 3. The lowest BCUT2D eigenvalue weighted by Crippen LogP contribution is -2.00. The van der Waals surface area contributed by atoms with E-state index in [1.807, 2.05) is 0 Å². The summed E-state index contributed by atoms with van der Waals surface area (Å²) in [6, 6.07) is -24.6. The molecule has 0 unspecified atom stereocenters. The zero-order chi connectivity index (χ0) is 57.8. The Kier molecular flexibility index (Phi) is 3.19. The molecule has 0 aliphatic rings. The first kappa shape index (κ1) is 12.6. The molecule has 0 bridgehead atoms. The van der Waals surface area contributed by atoms with Crippen LogP contribution in [0.3, 0.4) is 0 Å². The molecule has 0 saturated heterocycles. The summed E-state index contributed by atoms with van der Waals surface area (Å²) in [6.07, 6.45) is 0. The molecule has 0 amide bonds. The molecule has 0 atom stereocenters. The lowest BCUT2D eigenvalue weighted by molar-refractivity contribution is 1.07. The maximum absolute atomic E-state index is 9.98. The van der Waals surface area contributed by atoms with Crippen LogP contribution in [0.25, 0.3) is 87.7 Å². The summed E-state index contributed by atoms with van der Waals surface area (Å²) in [5.41, 5.74) is -7.28. The van der Waals surface area contributed by atoms with Crippen molar-refractivity contribution in [2.45, 2.75) is 6.92 Å². The number of aromatic nitrogens is 3. The minimum atomic E-state index is -1.12. The van der Waals surface area contributed by atoms with Crippen molar-refractivity contribution in [1.29, 1.82) is 0 Å². The molecular formula is C46H31N3S. The zero-order valence-corrected chi connectivity index (χ0v) is 26.1. The van der Waals surface area contributed by atoms with E-state index in [-0.39, 0.29) is 25.7 Å². The van der Waals surface area contributed by atoms with Gasteiger partial charge in [0.15, 0.2) is 17.5 Å². The second-order valence-electron chi connectivity index (χ2n) is 10.3. The van der Waals surface area contributed by atoms with Crippen LogP contribution in [0.4, 0.5) is 0 Å². The second-order valence-corrected chi connectivity index (χ2v) is 11.3. The number of benzene rings is 7. The van der Waals surface area contributed by atoms with Gasteiger partial charge in [-0.2, -0.15) is 0 Å². The van der Waals surface area contributed by atoms with Crippen LogP contribution in [0.1, 0.15) is 43.9 Å². The molecule has 50 heavy (non-hydrogen) atoms. The molecule has 236 valence electrons. The molecule has 9 rings (SSSR count). The topological polar surface area (TPSA) is 38.7 Å². The Morgan fingerprint density at radius 1 is 0.400 bits per heavy atom. The predicted octanol–water partition coefficient (Wildman–Crippen LogP) is 12.5. The van der Waals surface area contributed by atoms with Crippen LogP contribution >= 0.6 is 11.3 Å². The Labute approximate surface area is 334 Å². The SMILES string of the molecule is [2H]c1c([2H])c([2H])c(-c2nc(-c3c([2H])c([2H])c([2H])c([2H])c3[2H])nc(-c3c([2H])c(-c4c([2H])c([2H])c(-c5c([2H])c([2H])c(C)c([2H])c5[2H])c([2H])c4[2H])c([2H])c(-c4c([2H])c([2H])c([2H])c5c4sc4c([2H])c([2H])c([2H])c([2H])c45)c3[2H])n2)c([2H])c1[2H]. The normalized spacial score (nSPS) is 19.1. The molecule has 0 radical (unpaired) electrons. The van der Waals surface area contributed by atoms with Crippen LogP contribution in [-0.4, -0.2) is 15.0 Å². The quantitative estimate of drug-likeness (QED) is 0.175. The van der Waals surface area contributed by atoms with Gasteiger partial charge in [-0.3, -0.25) is 0 Å². The molecule has 3 nitrogen and oxygen atoms in total. The van der Waals surface area contributed by atoms with Gasteiger partial charge in [-0.05, 0) is 64.5 Å². The van der Waals surface area contributed by atoms with Gasteiger partial charge in [-0.25, -0.2) is 15.0 Å². The van der Waals surface area contributed by atoms with Crippen molar-refractivity contribution in [1.82, 2.24) is 15.0 Å². The van der Waals surface area contributed by atoms with E-state index in [2.05, 4.69) is 15.0 Å². The van der Waals surface area contributed by atoms with E-state index in [4.69, 9.17) is 27.4 Å². The van der Waals surface area contributed by atoms with E-state index >= 15 is 0 Å². The molecule has 9 aromatic rings. The summed E-state index contributed by atoms with van der Waals surface area (Å²) >= 11 is 0.565. The molecule has 0 saturated carbocycles. The predicted molar refractivity (Wildman–Crippen MR) is 210 cm³/mol. The van der Waals surface area contributed by atoms with Gasteiger partial charge in [-0.1, -0.05) is 151 Å². The van der Waals surface area contributed by atoms with Gasteiger partial charge in [-0.15, -0.1) is 11.3 Å². The van der Waals surface area contributed by atoms with Crippen molar-refractivity contribution in [3.8, 4) is 67.5 Å². The molecule has 0 fully saturated rings. The van der Waals surface area contributed by atoms with Gasteiger partial charge in [0.2, 0.25) is 0 Å². The van der Waals surface area contributed by atoms with Crippen LogP contribution in [0.5, 0.6) is 0 Å². The molecule has 7 aromatic carbocycles. The molecule has 0 spiro atoms. The lowest BCUT2D eigenvalue weighted by atomic mass is 9.94. The fraction of sp³-hybridized carbons (Fsp3) is 0.0217. The van der Waals surface area contributed by atoms with Gasteiger partial charge in [0, 0.05) is 36.9 Å². The number of rotatable bonds is 6. The molecule has 2 aromatic heterocycles. The van der Waals surface area contributed by atoms with Crippen LogP contribution < -0.4 is 0 Å². The average Bonchev–Trinajstić information content (AvgIpc) is 4.01. The first-order valence-corrected chi connectivity index (χ1v) is 15.3. The Bertz CT molecular complexity index is 4070. The fourth-order valence-electron chi connectivity index (χ4n) is 4.83. The van der Waals surface area contributed by atoms with Crippen molar-refractivity contribution in [3.05, 3.63) is 175 Å². The van der Waals surface area contributed by atoms with Crippen molar-refractivity contribution in [2.75, 3.05) is 0 Å². The van der Waals surface area contributed by atoms with Crippen molar-refractivity contribution in [3.63, 3.8) is 0 Å². The maximum atomic E-state index is 9.98. The number of thiophene rings is 1. The van der Waals surface area contributed by atoms with E-state index in [0.29, 0.717) is 11.3 Å². The first-order chi connectivity index (χ1) is 36.3. The summed E-state index contributed by atoms with van der Waals surface area (Å²) in [4.78, 5) is 12.9. The van der Waals surface area contributed by atoms with Crippen LogP contribution in [-0.2, 0) is 0 Å². The minimum absolute atomic E-state index is 0.106. The van der Waals surface area contributed by atoms with Gasteiger partial charge in [0.1, 0.15) is 0 Å². The van der Waals surface area contributed by atoms with Gasteiger partial charge >= 0.3 is 0 Å². The number of hydrogen-bond acceptors (Lipinski definition) is 4. The monoisotopic (exact) mass is 685 g/mol. The van der Waals surface area contributed by atoms with Gasteiger partial charge in [0.05, 0.1) is 38.4 Å². The van der Waals surface area contributed by atoms with E-state index in [1.54, 1.807) is 0 Å². The molecule has 0 N–H and O–H groups in total. The van der Waals surface area contributed by atoms with E-state index in [1.165, 1.54) is 6.92 Å². The lowest BCUT2D eigenvalue weighted by Gasteiger charge is -2.13. The number of nitrogens with zero attached hydrogens (tertiary/aromatic N) is 3. The van der Waals surface area contributed by atoms with Gasteiger partial charge < -0.3 is 0 Å². The Morgan fingerprint density at radius 3 is 1.52 bits per heavy atom. The number of hydrogen-bond donors (Lipinski definition) is 0. The average molecular weight is 686 g/mol. The van der Waals surface area contributed by atoms with Crippen molar-refractivity contribution < 1.29 is 38.4 Å². The molecular weight excluding hydrogens is 627 g/mol. The fourth-order valence-corrected chi connectivity index (χ4v) is 5.90. The minimum Gasteiger partial charge on any atom is -0.208 e. The van der Waals surface area contributed by atoms with Crippen molar-refractivity contribution in [2.24, 2.45) is 0 Å². The summed E-state index contributed by atoms with van der Waals surface area (Å²) in [7, 11) is 0. The van der Waals surface area contributed by atoms with E-state index in [0.717, 1.165) is 0 Å². The second kappa shape index (κ2) is 12.7. The Balaban J connectivity index is 1.54. The highest BCUT2D eigenvalue weighted by atomic mass is 32.1. The molecule has 4 heteroatoms. The molecule has 0 aliphatic carbocycles. The van der Waals surface area contributed by atoms with Crippen molar-refractivity contribution >= 4 is 31.5 Å². The standard InChI is InChI=1S/C46H31N3S/c1-30-19-21-31(22-20-30)32-23-25-33(26-24-32)36-27-37(39-16-10-17-41-40-15-8-9-18-42(40)50-43(39)41)29-38(28-36)46-48-44(34-11-4-2-5-12-34)47-45(49-46)35-13-6-3-7-14-35/h2-29H,1H3/i2D,3D,4D,5D,6D,7D,8D,9D,10D,11D,12D,13D,14D,15D,16D,17D,18D,19D,20D,21D,22D,23D,24D,25D,26D,27D,28D,29D. The third-order valence-corrected chi connectivity index (χ3v) is 8.24. The Hall–Kier alpha value is -6.23. The summed E-state index contributed by atoms with van der Waals surface area (Å²) in [5, 5.41) is -0.644. The van der Waals surface area contributed by atoms with Gasteiger partial charge in [0.25, 0.3) is 0 Å². The summed E-state index contributed by atoms with van der Waals surface area (Å²) < 4.78 is 248. The maximum Gasteiger partial charge on any atom is 0.164 e. The highest BCUT2D eigenvalue weighted by Gasteiger charge is 2.17. The van der Waals surface area contributed by atoms with Crippen LogP contribution in [0.15, 0.2) is 169 Å². The molecule has 2 heterocycles. The van der Waals surface area contributed by atoms with E-state index in [9.17, 15) is 11.0 Å². The Morgan fingerprint density at radius 2 is 0.880 bits per heavy atom.